The molecule has 2 atom stereocenters. The number of carbonyl (C=O) groups is 1. The van der Waals surface area contributed by atoms with Gasteiger partial charge in [0.1, 0.15) is 23.8 Å². The highest BCUT2D eigenvalue weighted by atomic mass is 35.5. The SMILES string of the molecule is COc1ccc(-c2n[nH]c3c2C(c2ccc(OCc4ccc(Cl)cc4)cc2)N(CC2CCCO2)C3=O)cc1. The summed E-state index contributed by atoms with van der Waals surface area (Å²) in [6, 6.07) is 23.0. The fourth-order valence-corrected chi connectivity index (χ4v) is 5.33. The smallest absolute Gasteiger partial charge is 0.273 e. The summed E-state index contributed by atoms with van der Waals surface area (Å²) in [5.74, 6) is 1.46. The zero-order valence-electron chi connectivity index (χ0n) is 21.0. The van der Waals surface area contributed by atoms with Crippen LogP contribution in [0.2, 0.25) is 5.02 Å². The van der Waals surface area contributed by atoms with Gasteiger partial charge in [0, 0.05) is 29.3 Å². The van der Waals surface area contributed by atoms with Gasteiger partial charge >= 0.3 is 0 Å². The lowest BCUT2D eigenvalue weighted by Crippen LogP contribution is -2.36. The van der Waals surface area contributed by atoms with Crippen molar-refractivity contribution >= 4 is 17.5 Å². The molecule has 2 aliphatic rings. The van der Waals surface area contributed by atoms with E-state index in [1.165, 1.54) is 0 Å². The van der Waals surface area contributed by atoms with Crippen molar-refractivity contribution in [2.75, 3.05) is 20.3 Å². The second-order valence-electron chi connectivity index (χ2n) is 9.57. The molecule has 1 N–H and O–H groups in total. The number of carbonyl (C=O) groups excluding carboxylic acids is 1. The van der Waals surface area contributed by atoms with Gasteiger partial charge in [0.05, 0.1) is 24.9 Å². The standard InChI is InChI=1S/C30H28ClN3O4/c1-36-23-12-6-20(7-13-23)27-26-28(33-32-27)30(35)34(17-25-3-2-16-37-25)29(26)21-8-14-24(15-9-21)38-18-19-4-10-22(31)11-5-19/h4-15,25,29H,2-3,16-18H2,1H3,(H,32,33). The number of hydrogen-bond acceptors (Lipinski definition) is 5. The average Bonchev–Trinajstić information content (AvgIpc) is 3.68. The van der Waals surface area contributed by atoms with Crippen molar-refractivity contribution in [2.24, 2.45) is 0 Å². The van der Waals surface area contributed by atoms with E-state index in [2.05, 4.69) is 10.2 Å². The van der Waals surface area contributed by atoms with Crippen LogP contribution in [0.3, 0.4) is 0 Å². The molecule has 3 aromatic carbocycles. The van der Waals surface area contributed by atoms with E-state index >= 15 is 0 Å². The van der Waals surface area contributed by atoms with Gasteiger partial charge in [-0.1, -0.05) is 35.9 Å². The summed E-state index contributed by atoms with van der Waals surface area (Å²) >= 11 is 5.99. The molecule has 38 heavy (non-hydrogen) atoms. The van der Waals surface area contributed by atoms with E-state index in [9.17, 15) is 4.79 Å². The molecule has 8 heteroatoms. The number of aromatic nitrogens is 2. The van der Waals surface area contributed by atoms with Gasteiger partial charge in [-0.25, -0.2) is 0 Å². The number of methoxy groups -OCH3 is 1. The van der Waals surface area contributed by atoms with Crippen molar-refractivity contribution in [1.29, 1.82) is 0 Å². The van der Waals surface area contributed by atoms with E-state index in [0.29, 0.717) is 23.9 Å². The number of fused-ring (bicyclic) bond motifs is 1. The molecule has 194 valence electrons. The van der Waals surface area contributed by atoms with Gasteiger partial charge in [0.15, 0.2) is 0 Å². The number of nitrogens with one attached hydrogen (secondary N) is 1. The molecule has 6 rings (SSSR count). The van der Waals surface area contributed by atoms with Gasteiger partial charge in [0.2, 0.25) is 0 Å². The molecule has 0 spiro atoms. The van der Waals surface area contributed by atoms with E-state index < -0.39 is 0 Å². The maximum atomic E-state index is 13.6. The number of rotatable bonds is 8. The molecular weight excluding hydrogens is 502 g/mol. The molecule has 4 aromatic rings. The van der Waals surface area contributed by atoms with Crippen LogP contribution in [0.4, 0.5) is 0 Å². The molecule has 2 unspecified atom stereocenters. The number of amides is 1. The Morgan fingerprint density at radius 1 is 1.03 bits per heavy atom. The maximum Gasteiger partial charge on any atom is 0.273 e. The minimum absolute atomic E-state index is 0.0323. The van der Waals surface area contributed by atoms with Gasteiger partial charge in [0.25, 0.3) is 5.91 Å². The van der Waals surface area contributed by atoms with Crippen molar-refractivity contribution < 1.29 is 19.0 Å². The van der Waals surface area contributed by atoms with Crippen LogP contribution in [0.15, 0.2) is 72.8 Å². The number of hydrogen-bond donors (Lipinski definition) is 1. The molecule has 0 saturated carbocycles. The quantitative estimate of drug-likeness (QED) is 0.301. The minimum Gasteiger partial charge on any atom is -0.497 e. The highest BCUT2D eigenvalue weighted by Gasteiger charge is 2.43. The van der Waals surface area contributed by atoms with E-state index in [-0.39, 0.29) is 18.1 Å². The Balaban J connectivity index is 1.31. The van der Waals surface area contributed by atoms with Gasteiger partial charge in [-0.15, -0.1) is 0 Å². The van der Waals surface area contributed by atoms with Crippen molar-refractivity contribution in [3.63, 3.8) is 0 Å². The number of benzene rings is 3. The van der Waals surface area contributed by atoms with Crippen LogP contribution >= 0.6 is 11.6 Å². The van der Waals surface area contributed by atoms with Crippen LogP contribution < -0.4 is 9.47 Å². The Morgan fingerprint density at radius 3 is 2.45 bits per heavy atom. The number of H-pyrrole nitrogens is 1. The van der Waals surface area contributed by atoms with E-state index in [0.717, 1.165) is 58.9 Å². The van der Waals surface area contributed by atoms with Crippen LogP contribution in [-0.4, -0.2) is 47.4 Å². The lowest BCUT2D eigenvalue weighted by Gasteiger charge is -2.28. The van der Waals surface area contributed by atoms with Crippen LogP contribution in [0.25, 0.3) is 11.3 Å². The third-order valence-electron chi connectivity index (χ3n) is 7.17. The number of halogens is 1. The number of nitrogens with zero attached hydrogens (tertiary/aromatic N) is 2. The van der Waals surface area contributed by atoms with E-state index in [4.69, 9.17) is 25.8 Å². The first kappa shape index (κ1) is 24.5. The zero-order valence-corrected chi connectivity index (χ0v) is 21.8. The summed E-state index contributed by atoms with van der Waals surface area (Å²) in [6.07, 6.45) is 2.00. The Hall–Kier alpha value is -3.81. The molecule has 3 heterocycles. The molecular formula is C30H28ClN3O4. The predicted octanol–water partition coefficient (Wildman–Crippen LogP) is 6.04. The molecule has 1 amide bonds. The Labute approximate surface area is 226 Å². The van der Waals surface area contributed by atoms with Crippen LogP contribution in [0.5, 0.6) is 11.5 Å². The summed E-state index contributed by atoms with van der Waals surface area (Å²) in [5, 5.41) is 8.29. The van der Waals surface area contributed by atoms with Gasteiger partial charge < -0.3 is 19.1 Å². The van der Waals surface area contributed by atoms with Crippen LogP contribution in [0, 0.1) is 0 Å². The van der Waals surface area contributed by atoms with Gasteiger partial charge in [-0.3, -0.25) is 9.89 Å². The van der Waals surface area contributed by atoms with Crippen molar-refractivity contribution in [1.82, 2.24) is 15.1 Å². The molecule has 1 saturated heterocycles. The number of aromatic amines is 1. The van der Waals surface area contributed by atoms with Gasteiger partial charge in [-0.05, 0) is 72.5 Å². The minimum atomic E-state index is -0.289. The second-order valence-corrected chi connectivity index (χ2v) is 10.0. The topological polar surface area (TPSA) is 76.7 Å². The first-order valence-corrected chi connectivity index (χ1v) is 13.1. The average molecular weight is 530 g/mol. The van der Waals surface area contributed by atoms with Crippen molar-refractivity contribution in [2.45, 2.75) is 31.6 Å². The summed E-state index contributed by atoms with van der Waals surface area (Å²) in [6.45, 7) is 1.71. The zero-order chi connectivity index (χ0) is 26.1. The van der Waals surface area contributed by atoms with Crippen molar-refractivity contribution in [3.8, 4) is 22.8 Å². The Morgan fingerprint density at radius 2 is 1.76 bits per heavy atom. The molecule has 1 aromatic heterocycles. The fourth-order valence-electron chi connectivity index (χ4n) is 5.20. The third-order valence-corrected chi connectivity index (χ3v) is 7.42. The highest BCUT2D eigenvalue weighted by molar-refractivity contribution is 6.30. The third kappa shape index (κ3) is 4.75. The molecule has 0 radical (unpaired) electrons. The molecule has 0 aliphatic carbocycles. The first-order valence-electron chi connectivity index (χ1n) is 12.7. The Bertz CT molecular complexity index is 1410. The maximum absolute atomic E-state index is 13.6. The molecule has 0 bridgehead atoms. The highest BCUT2D eigenvalue weighted by Crippen LogP contribution is 2.43. The molecule has 1 fully saturated rings. The van der Waals surface area contributed by atoms with E-state index in [1.54, 1.807) is 7.11 Å². The normalized spacial score (nSPS) is 18.6. The lowest BCUT2D eigenvalue weighted by atomic mass is 9.95. The number of ether oxygens (including phenoxy) is 3. The summed E-state index contributed by atoms with van der Waals surface area (Å²) in [4.78, 5) is 15.5. The van der Waals surface area contributed by atoms with E-state index in [1.807, 2.05) is 77.7 Å². The summed E-state index contributed by atoms with van der Waals surface area (Å²) in [7, 11) is 1.64. The lowest BCUT2D eigenvalue weighted by molar-refractivity contribution is 0.0495. The predicted molar refractivity (Wildman–Crippen MR) is 145 cm³/mol. The molecule has 7 nitrogen and oxygen atoms in total. The second kappa shape index (κ2) is 10.5. The summed E-state index contributed by atoms with van der Waals surface area (Å²) < 4.78 is 17.2. The first-order chi connectivity index (χ1) is 18.6. The van der Waals surface area contributed by atoms with Crippen molar-refractivity contribution in [3.05, 3.63) is 100 Å². The van der Waals surface area contributed by atoms with Crippen LogP contribution in [-0.2, 0) is 11.3 Å². The Kier molecular flexibility index (Phi) is 6.79. The fraction of sp³-hybridized carbons (Fsp3) is 0.267. The monoisotopic (exact) mass is 529 g/mol. The summed E-state index contributed by atoms with van der Waals surface area (Å²) in [5.41, 5.74) is 5.12. The van der Waals surface area contributed by atoms with Gasteiger partial charge in [-0.2, -0.15) is 5.10 Å². The van der Waals surface area contributed by atoms with Crippen LogP contribution in [0.1, 0.15) is 46.1 Å². The molecule has 2 aliphatic heterocycles. The largest absolute Gasteiger partial charge is 0.497 e.